The number of carboxylic acids is 1. The van der Waals surface area contributed by atoms with E-state index in [4.69, 9.17) is 9.47 Å². The zero-order valence-corrected chi connectivity index (χ0v) is 18.7. The van der Waals surface area contributed by atoms with Crippen molar-refractivity contribution in [3.63, 3.8) is 0 Å². The minimum absolute atomic E-state index is 0.0661. The van der Waals surface area contributed by atoms with E-state index in [9.17, 15) is 14.7 Å². The van der Waals surface area contributed by atoms with Gasteiger partial charge in [-0.05, 0) is 78.8 Å². The second-order valence-electron chi connectivity index (χ2n) is 9.40. The highest BCUT2D eigenvalue weighted by atomic mass is 19.1. The van der Waals surface area contributed by atoms with Crippen molar-refractivity contribution in [2.24, 2.45) is 5.41 Å². The number of methoxy groups -OCH3 is 1. The Labute approximate surface area is 192 Å². The van der Waals surface area contributed by atoms with E-state index in [1.807, 2.05) is 17.0 Å². The van der Waals surface area contributed by atoms with Crippen LogP contribution in [0.2, 0.25) is 0 Å². The molecule has 2 aliphatic heterocycles. The molecule has 0 bridgehead atoms. The second-order valence-corrected chi connectivity index (χ2v) is 9.40. The third-order valence-electron chi connectivity index (χ3n) is 7.60. The number of carbonyl (C=O) groups excluding carboxylic acids is 1. The van der Waals surface area contributed by atoms with E-state index >= 15 is 4.39 Å². The zero-order valence-electron chi connectivity index (χ0n) is 18.7. The van der Waals surface area contributed by atoms with Gasteiger partial charge in [-0.2, -0.15) is 0 Å². The standard InChI is InChI=1S/C26H28FNO5/c1-32-22-7-5-17(25(30)31)13-19(22)16-4-6-18(21(27)14-16)20-15-26(20)8-10-28(11-9-26)24(29)23-3-2-12-33-23/h4-7,13-14,20,23H,2-3,8-12,15H2,1H3,(H,30,31)/t20-,23+/m0/s1. The molecule has 0 aromatic heterocycles. The second kappa shape index (κ2) is 8.45. The van der Waals surface area contributed by atoms with Gasteiger partial charge in [-0.15, -0.1) is 0 Å². The van der Waals surface area contributed by atoms with Gasteiger partial charge < -0.3 is 19.5 Å². The molecule has 2 aromatic carbocycles. The Balaban J connectivity index is 1.30. The molecule has 1 saturated carbocycles. The first-order chi connectivity index (χ1) is 15.9. The lowest BCUT2D eigenvalue weighted by Crippen LogP contribution is -2.44. The molecule has 2 aromatic rings. The normalized spacial score (nSPS) is 23.5. The largest absolute Gasteiger partial charge is 0.496 e. The van der Waals surface area contributed by atoms with E-state index in [-0.39, 0.29) is 34.7 Å². The molecule has 3 aliphatic rings. The first-order valence-electron chi connectivity index (χ1n) is 11.5. The van der Waals surface area contributed by atoms with Crippen LogP contribution in [0.3, 0.4) is 0 Å². The molecule has 2 heterocycles. The van der Waals surface area contributed by atoms with Crippen LogP contribution in [0.25, 0.3) is 11.1 Å². The van der Waals surface area contributed by atoms with Gasteiger partial charge in [-0.25, -0.2) is 9.18 Å². The van der Waals surface area contributed by atoms with Crippen LogP contribution in [0, 0.1) is 11.2 Å². The Bertz CT molecular complexity index is 1090. The van der Waals surface area contributed by atoms with Crippen molar-refractivity contribution in [1.29, 1.82) is 0 Å². The molecule has 0 unspecified atom stereocenters. The van der Waals surface area contributed by atoms with E-state index in [2.05, 4.69) is 0 Å². The summed E-state index contributed by atoms with van der Waals surface area (Å²) in [6.07, 6.45) is 4.16. The summed E-state index contributed by atoms with van der Waals surface area (Å²) in [6, 6.07) is 9.70. The van der Waals surface area contributed by atoms with Crippen LogP contribution >= 0.6 is 0 Å². The van der Waals surface area contributed by atoms with Gasteiger partial charge in [0.2, 0.25) is 0 Å². The molecular formula is C26H28FNO5. The highest BCUT2D eigenvalue weighted by Crippen LogP contribution is 2.65. The van der Waals surface area contributed by atoms with Crippen LogP contribution in [0.1, 0.15) is 53.9 Å². The fourth-order valence-electron chi connectivity index (χ4n) is 5.53. The maximum Gasteiger partial charge on any atom is 0.335 e. The highest BCUT2D eigenvalue weighted by molar-refractivity contribution is 5.90. The van der Waals surface area contributed by atoms with Gasteiger partial charge in [0, 0.05) is 25.3 Å². The number of hydrogen-bond acceptors (Lipinski definition) is 4. The first-order valence-corrected chi connectivity index (χ1v) is 11.5. The summed E-state index contributed by atoms with van der Waals surface area (Å²) in [5.74, 6) is -0.569. The van der Waals surface area contributed by atoms with Crippen molar-refractivity contribution < 1.29 is 28.6 Å². The molecule has 2 saturated heterocycles. The lowest BCUT2D eigenvalue weighted by Gasteiger charge is -2.34. The minimum atomic E-state index is -1.04. The predicted octanol–water partition coefficient (Wildman–Crippen LogP) is 4.47. The number of carbonyl (C=O) groups is 2. The van der Waals surface area contributed by atoms with Crippen LogP contribution in [0.5, 0.6) is 5.75 Å². The van der Waals surface area contributed by atoms with Crippen molar-refractivity contribution in [3.05, 3.63) is 53.3 Å². The Morgan fingerprint density at radius 2 is 1.97 bits per heavy atom. The molecule has 5 rings (SSSR count). The number of piperidine rings is 1. The molecule has 2 atom stereocenters. The monoisotopic (exact) mass is 453 g/mol. The van der Waals surface area contributed by atoms with Gasteiger partial charge in [0.15, 0.2) is 0 Å². The molecular weight excluding hydrogens is 425 g/mol. The lowest BCUT2D eigenvalue weighted by atomic mass is 9.88. The quantitative estimate of drug-likeness (QED) is 0.723. The summed E-state index contributed by atoms with van der Waals surface area (Å²) in [4.78, 5) is 25.9. The summed E-state index contributed by atoms with van der Waals surface area (Å²) in [7, 11) is 1.51. The molecule has 0 radical (unpaired) electrons. The minimum Gasteiger partial charge on any atom is -0.496 e. The van der Waals surface area contributed by atoms with E-state index < -0.39 is 5.97 Å². The average Bonchev–Trinajstić information content (AvgIpc) is 3.23. The topological polar surface area (TPSA) is 76.1 Å². The number of benzene rings is 2. The van der Waals surface area contributed by atoms with Crippen LogP contribution in [-0.2, 0) is 9.53 Å². The van der Waals surface area contributed by atoms with Crippen LogP contribution in [-0.4, -0.2) is 54.8 Å². The summed E-state index contributed by atoms with van der Waals surface area (Å²) < 4.78 is 26.1. The molecule has 3 fully saturated rings. The number of rotatable bonds is 5. The predicted molar refractivity (Wildman–Crippen MR) is 120 cm³/mol. The Morgan fingerprint density at radius 3 is 2.61 bits per heavy atom. The maximum atomic E-state index is 15.2. The van der Waals surface area contributed by atoms with Crippen molar-refractivity contribution in [2.45, 2.75) is 44.1 Å². The Kier molecular flexibility index (Phi) is 5.60. The number of nitrogens with zero attached hydrogens (tertiary/aromatic N) is 1. The van der Waals surface area contributed by atoms with Gasteiger partial charge >= 0.3 is 5.97 Å². The molecule has 1 amide bonds. The van der Waals surface area contributed by atoms with Gasteiger partial charge in [0.1, 0.15) is 17.7 Å². The summed E-state index contributed by atoms with van der Waals surface area (Å²) in [5.41, 5.74) is 2.03. The Morgan fingerprint density at radius 1 is 1.18 bits per heavy atom. The first kappa shape index (κ1) is 21.9. The third-order valence-corrected chi connectivity index (χ3v) is 7.60. The average molecular weight is 454 g/mol. The van der Waals surface area contributed by atoms with Crippen LogP contribution in [0.4, 0.5) is 4.39 Å². The van der Waals surface area contributed by atoms with Crippen molar-refractivity contribution >= 4 is 11.9 Å². The summed E-state index contributed by atoms with van der Waals surface area (Å²) >= 11 is 0. The fraction of sp³-hybridized carbons (Fsp3) is 0.462. The van der Waals surface area contributed by atoms with E-state index in [1.54, 1.807) is 6.07 Å². The van der Waals surface area contributed by atoms with Crippen molar-refractivity contribution in [1.82, 2.24) is 4.90 Å². The number of amides is 1. The molecule has 1 spiro atoms. The number of ether oxygens (including phenoxy) is 2. The zero-order chi connectivity index (χ0) is 23.2. The summed E-state index contributed by atoms with van der Waals surface area (Å²) in [6.45, 7) is 2.07. The van der Waals surface area contributed by atoms with Gasteiger partial charge in [-0.1, -0.05) is 12.1 Å². The van der Waals surface area contributed by atoms with Crippen molar-refractivity contribution in [2.75, 3.05) is 26.8 Å². The maximum absolute atomic E-state index is 15.2. The van der Waals surface area contributed by atoms with E-state index in [1.165, 1.54) is 25.3 Å². The van der Waals surface area contributed by atoms with Crippen LogP contribution in [0.15, 0.2) is 36.4 Å². The smallest absolute Gasteiger partial charge is 0.335 e. The van der Waals surface area contributed by atoms with Gasteiger partial charge in [-0.3, -0.25) is 4.79 Å². The molecule has 6 nitrogen and oxygen atoms in total. The molecule has 174 valence electrons. The SMILES string of the molecule is COc1ccc(C(=O)O)cc1-c1ccc([C@@H]2CC23CCN(C(=O)[C@H]2CCCO2)CC3)c(F)c1. The summed E-state index contributed by atoms with van der Waals surface area (Å²) in [5, 5.41) is 9.31. The number of hydrogen-bond donors (Lipinski definition) is 1. The molecule has 1 N–H and O–H groups in total. The van der Waals surface area contributed by atoms with Crippen molar-refractivity contribution in [3.8, 4) is 16.9 Å². The Hall–Kier alpha value is -2.93. The van der Waals surface area contributed by atoms with Crippen LogP contribution < -0.4 is 4.74 Å². The molecule has 7 heteroatoms. The highest BCUT2D eigenvalue weighted by Gasteiger charge is 2.56. The van der Waals surface area contributed by atoms with Gasteiger partial charge in [0.25, 0.3) is 5.91 Å². The fourth-order valence-corrected chi connectivity index (χ4v) is 5.53. The van der Waals surface area contributed by atoms with E-state index in [0.717, 1.165) is 32.1 Å². The van der Waals surface area contributed by atoms with Gasteiger partial charge in [0.05, 0.1) is 12.7 Å². The number of aromatic carboxylic acids is 1. The lowest BCUT2D eigenvalue weighted by molar-refractivity contribution is -0.142. The van der Waals surface area contributed by atoms with E-state index in [0.29, 0.717) is 42.1 Å². The number of halogens is 1. The number of carboxylic acid groups (broad SMARTS) is 1. The number of likely N-dealkylation sites (tertiary alicyclic amines) is 1. The molecule has 33 heavy (non-hydrogen) atoms. The molecule has 1 aliphatic carbocycles. The third kappa shape index (κ3) is 3.99.